The molecule has 0 radical (unpaired) electrons. The van der Waals surface area contributed by atoms with Crippen LogP contribution in [0, 0.1) is 20.8 Å². The zero-order valence-corrected chi connectivity index (χ0v) is 14.8. The summed E-state index contributed by atoms with van der Waals surface area (Å²) in [6.07, 6.45) is 0.604. The summed E-state index contributed by atoms with van der Waals surface area (Å²) in [5, 5.41) is 5.54. The van der Waals surface area contributed by atoms with E-state index in [9.17, 15) is 9.59 Å². The largest absolute Gasteiger partial charge is 0.326 e. The van der Waals surface area contributed by atoms with Crippen molar-refractivity contribution in [3.05, 3.63) is 59.2 Å². The number of amides is 3. The van der Waals surface area contributed by atoms with Gasteiger partial charge in [-0.05, 0) is 62.6 Å². The van der Waals surface area contributed by atoms with Crippen LogP contribution in [-0.4, -0.2) is 24.5 Å². The van der Waals surface area contributed by atoms with Crippen molar-refractivity contribution in [1.82, 2.24) is 5.32 Å². The second kappa shape index (κ2) is 6.97. The van der Waals surface area contributed by atoms with Gasteiger partial charge in [0, 0.05) is 17.9 Å². The van der Waals surface area contributed by atoms with Crippen molar-refractivity contribution < 1.29 is 9.59 Å². The number of anilines is 2. The zero-order chi connectivity index (χ0) is 18.0. The minimum absolute atomic E-state index is 0.0673. The van der Waals surface area contributed by atoms with Gasteiger partial charge in [-0.3, -0.25) is 4.79 Å². The maximum absolute atomic E-state index is 12.6. The van der Waals surface area contributed by atoms with Crippen molar-refractivity contribution in [1.29, 1.82) is 0 Å². The van der Waals surface area contributed by atoms with Crippen LogP contribution in [0.5, 0.6) is 0 Å². The van der Waals surface area contributed by atoms with Gasteiger partial charge in [0.05, 0.1) is 0 Å². The number of nitrogens with one attached hydrogen (secondary N) is 2. The third-order valence-electron chi connectivity index (χ3n) is 4.62. The van der Waals surface area contributed by atoms with Crippen LogP contribution in [0.15, 0.2) is 42.5 Å². The molecule has 0 aliphatic carbocycles. The van der Waals surface area contributed by atoms with Crippen LogP contribution in [0.3, 0.4) is 0 Å². The number of carbonyl (C=O) groups is 2. The summed E-state index contributed by atoms with van der Waals surface area (Å²) < 4.78 is 0. The number of carbonyl (C=O) groups excluding carboxylic acids is 2. The Kier molecular flexibility index (Phi) is 4.74. The van der Waals surface area contributed by atoms with E-state index in [1.807, 2.05) is 63.2 Å². The number of rotatable bonds is 3. The highest BCUT2D eigenvalue weighted by Crippen LogP contribution is 2.24. The van der Waals surface area contributed by atoms with E-state index in [2.05, 4.69) is 10.6 Å². The molecule has 1 heterocycles. The summed E-state index contributed by atoms with van der Waals surface area (Å²) in [5.74, 6) is -0.0673. The summed E-state index contributed by atoms with van der Waals surface area (Å²) in [6, 6.07) is 12.7. The van der Waals surface area contributed by atoms with E-state index in [4.69, 9.17) is 0 Å². The molecule has 3 amide bonds. The van der Waals surface area contributed by atoms with Gasteiger partial charge in [-0.15, -0.1) is 0 Å². The van der Waals surface area contributed by atoms with Gasteiger partial charge in [-0.2, -0.15) is 0 Å². The standard InChI is InChI=1S/C20H23N3O2/c1-13-4-7-16(8-5-13)21-20(25)22-18-10-11-23(19(18)24)17-9-6-14(2)15(3)12-17/h4-9,12,18H,10-11H2,1-3H3,(H2,21,22,25)/t18-/m1/s1. The fourth-order valence-corrected chi connectivity index (χ4v) is 2.93. The monoisotopic (exact) mass is 337 g/mol. The van der Waals surface area contributed by atoms with Gasteiger partial charge in [-0.1, -0.05) is 23.8 Å². The molecule has 5 nitrogen and oxygen atoms in total. The second-order valence-electron chi connectivity index (χ2n) is 6.56. The van der Waals surface area contributed by atoms with E-state index >= 15 is 0 Å². The Morgan fingerprint density at radius 1 is 1.04 bits per heavy atom. The van der Waals surface area contributed by atoms with Crippen molar-refractivity contribution in [2.45, 2.75) is 33.2 Å². The normalized spacial score (nSPS) is 16.8. The van der Waals surface area contributed by atoms with E-state index in [1.54, 1.807) is 4.90 Å². The molecule has 1 aliphatic rings. The first-order chi connectivity index (χ1) is 11.9. The van der Waals surface area contributed by atoms with Gasteiger partial charge in [0.15, 0.2) is 0 Å². The molecule has 5 heteroatoms. The van der Waals surface area contributed by atoms with Crippen molar-refractivity contribution in [3.8, 4) is 0 Å². The van der Waals surface area contributed by atoms with Gasteiger partial charge >= 0.3 is 6.03 Å². The Hall–Kier alpha value is -2.82. The first-order valence-electron chi connectivity index (χ1n) is 8.47. The van der Waals surface area contributed by atoms with E-state index in [0.29, 0.717) is 18.7 Å². The first kappa shape index (κ1) is 17.0. The molecule has 1 aliphatic heterocycles. The molecule has 2 aromatic rings. The van der Waals surface area contributed by atoms with Crippen LogP contribution in [0.2, 0.25) is 0 Å². The molecular weight excluding hydrogens is 314 g/mol. The Morgan fingerprint density at radius 2 is 1.76 bits per heavy atom. The fraction of sp³-hybridized carbons (Fsp3) is 0.300. The van der Waals surface area contributed by atoms with Gasteiger partial charge in [0.2, 0.25) is 5.91 Å². The topological polar surface area (TPSA) is 61.4 Å². The summed E-state index contributed by atoms with van der Waals surface area (Å²) in [7, 11) is 0. The average molecular weight is 337 g/mol. The molecule has 1 atom stereocenters. The van der Waals surface area contributed by atoms with Crippen LogP contribution in [0.25, 0.3) is 0 Å². The second-order valence-corrected chi connectivity index (χ2v) is 6.56. The van der Waals surface area contributed by atoms with Crippen LogP contribution in [-0.2, 0) is 4.79 Å². The minimum Gasteiger partial charge on any atom is -0.326 e. The summed E-state index contributed by atoms with van der Waals surface area (Å²) in [6.45, 7) is 6.67. The highest BCUT2D eigenvalue weighted by atomic mass is 16.2. The predicted octanol–water partition coefficient (Wildman–Crippen LogP) is 3.54. The molecule has 0 aromatic heterocycles. The van der Waals surface area contributed by atoms with E-state index in [1.165, 1.54) is 5.56 Å². The Bertz CT molecular complexity index is 799. The molecule has 2 N–H and O–H groups in total. The minimum atomic E-state index is -0.493. The molecule has 1 saturated heterocycles. The lowest BCUT2D eigenvalue weighted by Crippen LogP contribution is -2.43. The van der Waals surface area contributed by atoms with Crippen LogP contribution in [0.1, 0.15) is 23.1 Å². The molecule has 25 heavy (non-hydrogen) atoms. The van der Waals surface area contributed by atoms with Gasteiger partial charge in [0.1, 0.15) is 6.04 Å². The molecule has 0 saturated carbocycles. The first-order valence-corrected chi connectivity index (χ1v) is 8.47. The van der Waals surface area contributed by atoms with Crippen molar-refractivity contribution in [3.63, 3.8) is 0 Å². The maximum Gasteiger partial charge on any atom is 0.319 e. The number of urea groups is 1. The van der Waals surface area contributed by atoms with Crippen molar-refractivity contribution in [2.24, 2.45) is 0 Å². The Labute approximate surface area is 148 Å². The molecule has 3 rings (SSSR count). The van der Waals surface area contributed by atoms with Gasteiger partial charge in [0.25, 0.3) is 0 Å². The van der Waals surface area contributed by atoms with E-state index in [0.717, 1.165) is 16.8 Å². The number of hydrogen-bond donors (Lipinski definition) is 2. The summed E-state index contributed by atoms with van der Waals surface area (Å²) in [4.78, 5) is 26.5. The predicted molar refractivity (Wildman–Crippen MR) is 100 cm³/mol. The fourth-order valence-electron chi connectivity index (χ4n) is 2.93. The molecule has 0 spiro atoms. The highest BCUT2D eigenvalue weighted by Gasteiger charge is 2.33. The zero-order valence-electron chi connectivity index (χ0n) is 14.8. The molecule has 130 valence electrons. The number of aryl methyl sites for hydroxylation is 3. The maximum atomic E-state index is 12.6. The Morgan fingerprint density at radius 3 is 2.44 bits per heavy atom. The average Bonchev–Trinajstić information content (AvgIpc) is 2.93. The van der Waals surface area contributed by atoms with Crippen molar-refractivity contribution in [2.75, 3.05) is 16.8 Å². The smallest absolute Gasteiger partial charge is 0.319 e. The number of hydrogen-bond acceptors (Lipinski definition) is 2. The van der Waals surface area contributed by atoms with E-state index in [-0.39, 0.29) is 11.9 Å². The number of nitrogens with zero attached hydrogens (tertiary/aromatic N) is 1. The SMILES string of the molecule is Cc1ccc(NC(=O)N[C@@H]2CCN(c3ccc(C)c(C)c3)C2=O)cc1. The lowest BCUT2D eigenvalue weighted by molar-refractivity contribution is -0.118. The van der Waals surface area contributed by atoms with Crippen LogP contribution >= 0.6 is 0 Å². The van der Waals surface area contributed by atoms with Crippen molar-refractivity contribution >= 4 is 23.3 Å². The van der Waals surface area contributed by atoms with Gasteiger partial charge in [-0.25, -0.2) is 4.79 Å². The summed E-state index contributed by atoms with van der Waals surface area (Å²) >= 11 is 0. The van der Waals surface area contributed by atoms with Crippen LogP contribution < -0.4 is 15.5 Å². The molecule has 1 fully saturated rings. The highest BCUT2D eigenvalue weighted by molar-refractivity contribution is 6.02. The number of benzene rings is 2. The lowest BCUT2D eigenvalue weighted by atomic mass is 10.1. The van der Waals surface area contributed by atoms with Crippen LogP contribution in [0.4, 0.5) is 16.2 Å². The molecule has 0 bridgehead atoms. The molecular formula is C20H23N3O2. The quantitative estimate of drug-likeness (QED) is 0.900. The third kappa shape index (κ3) is 3.82. The van der Waals surface area contributed by atoms with E-state index < -0.39 is 6.04 Å². The Balaban J connectivity index is 1.62. The molecule has 0 unspecified atom stereocenters. The molecule has 2 aromatic carbocycles. The third-order valence-corrected chi connectivity index (χ3v) is 4.62. The lowest BCUT2D eigenvalue weighted by Gasteiger charge is -2.18. The summed E-state index contributed by atoms with van der Waals surface area (Å²) in [5.41, 5.74) is 5.07. The van der Waals surface area contributed by atoms with Gasteiger partial charge < -0.3 is 15.5 Å².